The number of nitrogens with zero attached hydrogens (tertiary/aromatic N) is 1. The number of likely N-dealkylation sites (tertiary alicyclic amines) is 1. The Labute approximate surface area is 165 Å². The molecule has 148 valence electrons. The average molecular weight is 382 g/mol. The van der Waals surface area contributed by atoms with E-state index in [1.807, 2.05) is 12.1 Å². The van der Waals surface area contributed by atoms with E-state index in [4.69, 9.17) is 9.84 Å². The first-order chi connectivity index (χ1) is 13.5. The van der Waals surface area contributed by atoms with Gasteiger partial charge in [-0.05, 0) is 61.8 Å². The highest BCUT2D eigenvalue weighted by Gasteiger charge is 2.23. The van der Waals surface area contributed by atoms with Gasteiger partial charge in [0.1, 0.15) is 5.75 Å². The van der Waals surface area contributed by atoms with E-state index in [0.717, 1.165) is 30.6 Å². The van der Waals surface area contributed by atoms with Crippen molar-refractivity contribution in [2.45, 2.75) is 25.8 Å². The van der Waals surface area contributed by atoms with Gasteiger partial charge in [0.15, 0.2) is 0 Å². The molecule has 1 aliphatic heterocycles. The van der Waals surface area contributed by atoms with Gasteiger partial charge in [0.2, 0.25) is 0 Å². The number of amides is 1. The van der Waals surface area contributed by atoms with Crippen LogP contribution >= 0.6 is 0 Å². The molecule has 3 rings (SSSR count). The van der Waals surface area contributed by atoms with Gasteiger partial charge in [-0.25, -0.2) is 4.79 Å². The van der Waals surface area contributed by atoms with Gasteiger partial charge in [-0.2, -0.15) is 0 Å². The minimum absolute atomic E-state index is 0.106. The predicted molar refractivity (Wildman–Crippen MR) is 108 cm³/mol. The third kappa shape index (κ3) is 4.34. The lowest BCUT2D eigenvalue weighted by atomic mass is 10.00. The largest absolute Gasteiger partial charge is 0.496 e. The Bertz CT molecular complexity index is 865. The number of hydrogen-bond acceptors (Lipinski definition) is 4. The Morgan fingerprint density at radius 3 is 2.75 bits per heavy atom. The van der Waals surface area contributed by atoms with E-state index in [9.17, 15) is 9.59 Å². The minimum atomic E-state index is -1.01. The standard InChI is InChI=1S/C22H26N2O4/c1-3-24-11-5-8-18(24)14-23-21(25)16-7-4-6-15(12-16)19-10-9-17(22(26)27)13-20(19)28-2/h4,6-7,9-10,12-13,18H,3,5,8,11,14H2,1-2H3,(H,23,25)(H,26,27)/t18-/m0/s1. The van der Waals surface area contributed by atoms with Crippen molar-refractivity contribution in [1.29, 1.82) is 0 Å². The number of ether oxygens (including phenoxy) is 1. The Morgan fingerprint density at radius 1 is 1.21 bits per heavy atom. The van der Waals surface area contributed by atoms with Crippen LogP contribution in [0.15, 0.2) is 42.5 Å². The van der Waals surface area contributed by atoms with Crippen LogP contribution in [0.1, 0.15) is 40.5 Å². The highest BCUT2D eigenvalue weighted by molar-refractivity contribution is 5.96. The van der Waals surface area contributed by atoms with E-state index in [1.54, 1.807) is 18.2 Å². The Balaban J connectivity index is 1.77. The monoisotopic (exact) mass is 382 g/mol. The number of likely N-dealkylation sites (N-methyl/N-ethyl adjacent to an activating group) is 1. The molecular formula is C22H26N2O4. The van der Waals surface area contributed by atoms with E-state index in [0.29, 0.717) is 23.9 Å². The number of carboxylic acid groups (broad SMARTS) is 1. The summed E-state index contributed by atoms with van der Waals surface area (Å²) in [6.07, 6.45) is 2.29. The number of hydrogen-bond donors (Lipinski definition) is 2. The van der Waals surface area contributed by atoms with Crippen LogP contribution in [0.25, 0.3) is 11.1 Å². The number of benzene rings is 2. The van der Waals surface area contributed by atoms with Crippen molar-refractivity contribution in [3.63, 3.8) is 0 Å². The van der Waals surface area contributed by atoms with Gasteiger partial charge >= 0.3 is 5.97 Å². The summed E-state index contributed by atoms with van der Waals surface area (Å²) in [6, 6.07) is 12.4. The average Bonchev–Trinajstić information content (AvgIpc) is 3.19. The van der Waals surface area contributed by atoms with Crippen molar-refractivity contribution in [3.05, 3.63) is 53.6 Å². The molecule has 1 atom stereocenters. The van der Waals surface area contributed by atoms with Gasteiger partial charge in [0, 0.05) is 23.7 Å². The quantitative estimate of drug-likeness (QED) is 0.768. The van der Waals surface area contributed by atoms with Crippen LogP contribution in [0.2, 0.25) is 0 Å². The van der Waals surface area contributed by atoms with Crippen molar-refractivity contribution in [2.75, 3.05) is 26.7 Å². The van der Waals surface area contributed by atoms with E-state index in [-0.39, 0.29) is 11.5 Å². The second kappa shape index (κ2) is 8.89. The zero-order chi connectivity index (χ0) is 20.1. The van der Waals surface area contributed by atoms with Gasteiger partial charge in [-0.1, -0.05) is 19.1 Å². The molecule has 2 aromatic rings. The normalized spacial score (nSPS) is 16.7. The summed E-state index contributed by atoms with van der Waals surface area (Å²) >= 11 is 0. The number of rotatable bonds is 7. The smallest absolute Gasteiger partial charge is 0.335 e. The molecule has 0 radical (unpaired) electrons. The summed E-state index contributed by atoms with van der Waals surface area (Å²) in [6.45, 7) is 4.89. The maximum atomic E-state index is 12.6. The van der Waals surface area contributed by atoms with Crippen LogP contribution < -0.4 is 10.1 Å². The number of aromatic carboxylic acids is 1. The molecule has 0 saturated carbocycles. The van der Waals surface area contributed by atoms with E-state index >= 15 is 0 Å². The highest BCUT2D eigenvalue weighted by Crippen LogP contribution is 2.31. The van der Waals surface area contributed by atoms with Crippen molar-refractivity contribution in [3.8, 4) is 16.9 Å². The fourth-order valence-electron chi connectivity index (χ4n) is 3.75. The number of carbonyl (C=O) groups is 2. The summed E-state index contributed by atoms with van der Waals surface area (Å²) in [5.41, 5.74) is 2.28. The Kier molecular flexibility index (Phi) is 6.31. The molecule has 28 heavy (non-hydrogen) atoms. The van der Waals surface area contributed by atoms with Crippen LogP contribution in [-0.2, 0) is 0 Å². The molecule has 6 heteroatoms. The number of carbonyl (C=O) groups excluding carboxylic acids is 1. The summed E-state index contributed by atoms with van der Waals surface area (Å²) in [7, 11) is 1.50. The van der Waals surface area contributed by atoms with Crippen LogP contribution in [0.4, 0.5) is 0 Å². The molecule has 2 aromatic carbocycles. The van der Waals surface area contributed by atoms with Crippen molar-refractivity contribution < 1.29 is 19.4 Å². The third-order valence-electron chi connectivity index (χ3n) is 5.29. The zero-order valence-electron chi connectivity index (χ0n) is 16.3. The van der Waals surface area contributed by atoms with Gasteiger partial charge < -0.3 is 15.2 Å². The summed E-state index contributed by atoms with van der Waals surface area (Å²) in [4.78, 5) is 26.2. The molecule has 0 spiro atoms. The molecule has 1 aliphatic rings. The van der Waals surface area contributed by atoms with Crippen LogP contribution in [0.3, 0.4) is 0 Å². The van der Waals surface area contributed by atoms with Crippen LogP contribution in [0.5, 0.6) is 5.75 Å². The lowest BCUT2D eigenvalue weighted by Crippen LogP contribution is -2.40. The second-order valence-electron chi connectivity index (χ2n) is 6.94. The second-order valence-corrected chi connectivity index (χ2v) is 6.94. The Hall–Kier alpha value is -2.86. The fraction of sp³-hybridized carbons (Fsp3) is 0.364. The number of nitrogens with one attached hydrogen (secondary N) is 1. The summed E-state index contributed by atoms with van der Waals surface area (Å²) in [5, 5.41) is 12.2. The lowest BCUT2D eigenvalue weighted by Gasteiger charge is -2.22. The predicted octanol–water partition coefficient (Wildman–Crippen LogP) is 3.27. The van der Waals surface area contributed by atoms with Gasteiger partial charge in [-0.15, -0.1) is 0 Å². The number of methoxy groups -OCH3 is 1. The molecule has 0 aliphatic carbocycles. The van der Waals surface area contributed by atoms with Gasteiger partial charge in [0.25, 0.3) is 5.91 Å². The van der Waals surface area contributed by atoms with Crippen LogP contribution in [-0.4, -0.2) is 54.7 Å². The molecular weight excluding hydrogens is 356 g/mol. The first-order valence-electron chi connectivity index (χ1n) is 9.57. The van der Waals surface area contributed by atoms with E-state index in [2.05, 4.69) is 17.1 Å². The SMILES string of the molecule is CCN1CCC[C@H]1CNC(=O)c1cccc(-c2ccc(C(=O)O)cc2OC)c1. The maximum absolute atomic E-state index is 12.6. The van der Waals surface area contributed by atoms with Crippen molar-refractivity contribution in [2.24, 2.45) is 0 Å². The molecule has 1 saturated heterocycles. The minimum Gasteiger partial charge on any atom is -0.496 e. The van der Waals surface area contributed by atoms with Crippen molar-refractivity contribution >= 4 is 11.9 Å². The van der Waals surface area contributed by atoms with Crippen LogP contribution in [0, 0.1) is 0 Å². The molecule has 0 unspecified atom stereocenters. The third-order valence-corrected chi connectivity index (χ3v) is 5.29. The Morgan fingerprint density at radius 2 is 2.04 bits per heavy atom. The molecule has 1 amide bonds. The number of carboxylic acids is 1. The first kappa shape index (κ1) is 19.9. The van der Waals surface area contributed by atoms with Crippen molar-refractivity contribution in [1.82, 2.24) is 10.2 Å². The first-order valence-corrected chi connectivity index (χ1v) is 9.57. The zero-order valence-corrected chi connectivity index (χ0v) is 16.3. The molecule has 6 nitrogen and oxygen atoms in total. The lowest BCUT2D eigenvalue weighted by molar-refractivity contribution is 0.0696. The molecule has 0 bridgehead atoms. The molecule has 1 fully saturated rings. The van der Waals surface area contributed by atoms with E-state index in [1.165, 1.54) is 25.7 Å². The topological polar surface area (TPSA) is 78.9 Å². The highest BCUT2D eigenvalue weighted by atomic mass is 16.5. The summed E-state index contributed by atoms with van der Waals surface area (Å²) in [5.74, 6) is -0.654. The molecule has 0 aromatic heterocycles. The van der Waals surface area contributed by atoms with Gasteiger partial charge in [-0.3, -0.25) is 9.69 Å². The van der Waals surface area contributed by atoms with Gasteiger partial charge in [0.05, 0.1) is 12.7 Å². The molecule has 2 N–H and O–H groups in total. The maximum Gasteiger partial charge on any atom is 0.335 e. The van der Waals surface area contributed by atoms with E-state index < -0.39 is 5.97 Å². The summed E-state index contributed by atoms with van der Waals surface area (Å²) < 4.78 is 5.36. The fourth-order valence-corrected chi connectivity index (χ4v) is 3.75. The molecule has 1 heterocycles.